The molecule has 1 saturated heterocycles. The van der Waals surface area contributed by atoms with Gasteiger partial charge < -0.3 is 4.79 Å². The summed E-state index contributed by atoms with van der Waals surface area (Å²) in [4.78, 5) is 22.1. The Bertz CT molecular complexity index is 1200. The molecule has 5 rings (SSSR count). The molecule has 0 saturated carbocycles. The molecule has 162 valence electrons. The van der Waals surface area contributed by atoms with Crippen LogP contribution in [0.5, 0.6) is 0 Å². The summed E-state index contributed by atoms with van der Waals surface area (Å²) >= 11 is 0. The van der Waals surface area contributed by atoms with Crippen LogP contribution in [0.3, 0.4) is 0 Å². The average Bonchev–Trinajstić information content (AvgIpc) is 3.50. The Hall–Kier alpha value is -3.65. The molecular weight excluding hydrogens is 402 g/mol. The van der Waals surface area contributed by atoms with E-state index in [0.717, 1.165) is 60.0 Å². The maximum atomic E-state index is 10.7. The third kappa shape index (κ3) is 4.22. The molecule has 0 amide bonds. The predicted octanol–water partition coefficient (Wildman–Crippen LogP) is 3.24. The molecule has 0 bridgehead atoms. The highest BCUT2D eigenvalue weighted by atomic mass is 16.1. The van der Waals surface area contributed by atoms with E-state index >= 15 is 0 Å². The zero-order valence-corrected chi connectivity index (χ0v) is 18.0. The number of piperidine rings is 1. The Labute approximate surface area is 186 Å². The number of aldehydes is 1. The van der Waals surface area contributed by atoms with Gasteiger partial charge in [-0.05, 0) is 24.5 Å². The molecule has 1 aromatic carbocycles. The van der Waals surface area contributed by atoms with Crippen LogP contribution in [0.4, 0.5) is 0 Å². The monoisotopic (exact) mass is 427 g/mol. The molecule has 8 heteroatoms. The fourth-order valence-electron chi connectivity index (χ4n) is 4.19. The highest BCUT2D eigenvalue weighted by Crippen LogP contribution is 2.27. The lowest BCUT2D eigenvalue weighted by atomic mass is 10.1. The van der Waals surface area contributed by atoms with Gasteiger partial charge in [-0.15, -0.1) is 0 Å². The zero-order chi connectivity index (χ0) is 21.9. The number of hydrogen-bond donors (Lipinski definition) is 0. The van der Waals surface area contributed by atoms with Gasteiger partial charge in [0, 0.05) is 67.2 Å². The summed E-state index contributed by atoms with van der Waals surface area (Å²) in [7, 11) is 1.91. The lowest BCUT2D eigenvalue weighted by Crippen LogP contribution is -2.35. The average molecular weight is 428 g/mol. The molecule has 1 fully saturated rings. The van der Waals surface area contributed by atoms with E-state index in [-0.39, 0.29) is 0 Å². The predicted molar refractivity (Wildman–Crippen MR) is 122 cm³/mol. The summed E-state index contributed by atoms with van der Waals surface area (Å²) in [6, 6.07) is 8.54. The molecule has 32 heavy (non-hydrogen) atoms. The molecule has 4 aromatic rings. The second-order valence-electron chi connectivity index (χ2n) is 8.19. The van der Waals surface area contributed by atoms with Gasteiger partial charge in [0.2, 0.25) is 0 Å². The van der Waals surface area contributed by atoms with E-state index < -0.39 is 0 Å². The summed E-state index contributed by atoms with van der Waals surface area (Å²) in [6.45, 7) is 2.37. The SMILES string of the molecule is Cn1cc(-c2cccc(-c3ncc(-c4cnn(C5CCN(CC=O)CC5)c4)cn3)c2)cn1. The normalized spacial score (nSPS) is 15.2. The summed E-state index contributed by atoms with van der Waals surface area (Å²) < 4.78 is 3.83. The number of carbonyl (C=O) groups is 1. The first-order valence-electron chi connectivity index (χ1n) is 10.8. The van der Waals surface area contributed by atoms with Gasteiger partial charge in [0.25, 0.3) is 0 Å². The van der Waals surface area contributed by atoms with Gasteiger partial charge in [-0.1, -0.05) is 18.2 Å². The van der Waals surface area contributed by atoms with Crippen molar-refractivity contribution in [2.75, 3.05) is 19.6 Å². The standard InChI is InChI=1S/C24H25N7O/c1-29-16-21(14-27-29)18-3-2-4-19(11-18)24-25-12-20(13-26-24)22-15-28-31(17-22)23-5-7-30(8-6-23)9-10-32/h2-4,10-17,23H,5-9H2,1H3. The van der Waals surface area contributed by atoms with Crippen LogP contribution in [0.1, 0.15) is 18.9 Å². The van der Waals surface area contributed by atoms with Gasteiger partial charge >= 0.3 is 0 Å². The second-order valence-corrected chi connectivity index (χ2v) is 8.19. The first kappa shape index (κ1) is 20.3. The van der Waals surface area contributed by atoms with Crippen LogP contribution in [0.2, 0.25) is 0 Å². The summed E-state index contributed by atoms with van der Waals surface area (Å²) in [5.74, 6) is 0.689. The number of nitrogens with zero attached hydrogens (tertiary/aromatic N) is 7. The second kappa shape index (κ2) is 8.84. The van der Waals surface area contributed by atoms with Gasteiger partial charge in [0.05, 0.1) is 25.0 Å². The molecule has 3 aromatic heterocycles. The van der Waals surface area contributed by atoms with Crippen LogP contribution >= 0.6 is 0 Å². The van der Waals surface area contributed by atoms with Crippen LogP contribution in [0.25, 0.3) is 33.6 Å². The van der Waals surface area contributed by atoms with Crippen LogP contribution in [0.15, 0.2) is 61.4 Å². The maximum absolute atomic E-state index is 10.7. The number of carbonyl (C=O) groups excluding carboxylic acids is 1. The number of likely N-dealkylation sites (tertiary alicyclic amines) is 1. The van der Waals surface area contributed by atoms with Crippen molar-refractivity contribution >= 4 is 6.29 Å². The van der Waals surface area contributed by atoms with E-state index in [9.17, 15) is 4.79 Å². The van der Waals surface area contributed by atoms with E-state index in [1.165, 1.54) is 0 Å². The molecular formula is C24H25N7O. The van der Waals surface area contributed by atoms with Gasteiger partial charge in [-0.2, -0.15) is 10.2 Å². The number of hydrogen-bond acceptors (Lipinski definition) is 6. The Morgan fingerprint density at radius 2 is 1.62 bits per heavy atom. The largest absolute Gasteiger partial charge is 0.302 e. The fourth-order valence-corrected chi connectivity index (χ4v) is 4.19. The van der Waals surface area contributed by atoms with Crippen molar-refractivity contribution in [2.45, 2.75) is 18.9 Å². The minimum absolute atomic E-state index is 0.363. The van der Waals surface area contributed by atoms with Crippen LogP contribution in [-0.4, -0.2) is 60.3 Å². The van der Waals surface area contributed by atoms with Crippen LogP contribution < -0.4 is 0 Å². The molecule has 4 heterocycles. The van der Waals surface area contributed by atoms with Crippen molar-refractivity contribution in [2.24, 2.45) is 7.05 Å². The van der Waals surface area contributed by atoms with E-state index in [1.807, 2.05) is 54.8 Å². The third-order valence-corrected chi connectivity index (χ3v) is 6.01. The topological polar surface area (TPSA) is 81.7 Å². The Morgan fingerprint density at radius 1 is 0.906 bits per heavy atom. The van der Waals surface area contributed by atoms with Crippen molar-refractivity contribution < 1.29 is 4.79 Å². The van der Waals surface area contributed by atoms with Crippen molar-refractivity contribution in [1.29, 1.82) is 0 Å². The van der Waals surface area contributed by atoms with E-state index in [0.29, 0.717) is 18.4 Å². The highest BCUT2D eigenvalue weighted by molar-refractivity contribution is 5.70. The highest BCUT2D eigenvalue weighted by Gasteiger charge is 2.21. The van der Waals surface area contributed by atoms with Crippen LogP contribution in [-0.2, 0) is 11.8 Å². The molecule has 0 aliphatic carbocycles. The number of aryl methyl sites for hydroxylation is 1. The molecule has 8 nitrogen and oxygen atoms in total. The number of rotatable bonds is 6. The van der Waals surface area contributed by atoms with Gasteiger partial charge in [0.15, 0.2) is 5.82 Å². The first-order chi connectivity index (χ1) is 15.7. The molecule has 1 aliphatic rings. The smallest absolute Gasteiger partial charge is 0.159 e. The molecule has 1 aliphatic heterocycles. The molecule has 0 radical (unpaired) electrons. The molecule has 0 atom stereocenters. The van der Waals surface area contributed by atoms with Crippen molar-refractivity contribution in [3.8, 4) is 33.6 Å². The fraction of sp³-hybridized carbons (Fsp3) is 0.292. The van der Waals surface area contributed by atoms with Crippen molar-refractivity contribution in [1.82, 2.24) is 34.4 Å². The Balaban J connectivity index is 1.30. The lowest BCUT2D eigenvalue weighted by molar-refractivity contribution is -0.109. The minimum Gasteiger partial charge on any atom is -0.302 e. The lowest BCUT2D eigenvalue weighted by Gasteiger charge is -2.30. The minimum atomic E-state index is 0.363. The molecule has 0 N–H and O–H groups in total. The van der Waals surface area contributed by atoms with E-state index in [1.54, 1.807) is 4.68 Å². The van der Waals surface area contributed by atoms with Gasteiger partial charge in [0.1, 0.15) is 6.29 Å². The van der Waals surface area contributed by atoms with E-state index in [2.05, 4.69) is 43.4 Å². The van der Waals surface area contributed by atoms with Gasteiger partial charge in [-0.3, -0.25) is 14.3 Å². The zero-order valence-electron chi connectivity index (χ0n) is 18.0. The summed E-state index contributed by atoms with van der Waals surface area (Å²) in [5.41, 5.74) is 5.08. The number of aromatic nitrogens is 6. The van der Waals surface area contributed by atoms with Crippen LogP contribution in [0, 0.1) is 0 Å². The maximum Gasteiger partial charge on any atom is 0.159 e. The van der Waals surface area contributed by atoms with Crippen molar-refractivity contribution in [3.05, 3.63) is 61.4 Å². The van der Waals surface area contributed by atoms with E-state index in [4.69, 9.17) is 0 Å². The summed E-state index contributed by atoms with van der Waals surface area (Å²) in [5, 5.41) is 8.83. The Kier molecular flexibility index (Phi) is 5.60. The van der Waals surface area contributed by atoms with Gasteiger partial charge in [-0.25, -0.2) is 9.97 Å². The number of benzene rings is 1. The Morgan fingerprint density at radius 3 is 2.34 bits per heavy atom. The quantitative estimate of drug-likeness (QED) is 0.440. The summed E-state index contributed by atoms with van der Waals surface area (Å²) in [6.07, 6.45) is 14.5. The first-order valence-corrected chi connectivity index (χ1v) is 10.8. The third-order valence-electron chi connectivity index (χ3n) is 6.01. The molecule has 0 spiro atoms. The molecule has 0 unspecified atom stereocenters. The van der Waals surface area contributed by atoms with Crippen molar-refractivity contribution in [3.63, 3.8) is 0 Å².